The van der Waals surface area contributed by atoms with E-state index in [4.69, 9.17) is 9.84 Å². The van der Waals surface area contributed by atoms with Crippen LogP contribution in [0.5, 0.6) is 5.75 Å². The molecule has 0 unspecified atom stereocenters. The van der Waals surface area contributed by atoms with E-state index in [1.807, 2.05) is 0 Å². The SMILES string of the molecule is CC(=O)Nc1cc([N+](=O)[O-])ccc1OCCO. The van der Waals surface area contributed by atoms with E-state index in [0.717, 1.165) is 0 Å². The summed E-state index contributed by atoms with van der Waals surface area (Å²) < 4.78 is 5.13. The molecule has 0 aromatic heterocycles. The molecule has 0 radical (unpaired) electrons. The smallest absolute Gasteiger partial charge is 0.271 e. The maximum Gasteiger partial charge on any atom is 0.271 e. The zero-order valence-electron chi connectivity index (χ0n) is 9.17. The van der Waals surface area contributed by atoms with Gasteiger partial charge in [-0.25, -0.2) is 0 Å². The van der Waals surface area contributed by atoms with Crippen LogP contribution in [0.3, 0.4) is 0 Å². The Labute approximate surface area is 97.2 Å². The van der Waals surface area contributed by atoms with Crippen LogP contribution in [-0.2, 0) is 4.79 Å². The van der Waals surface area contributed by atoms with Gasteiger partial charge in [0.05, 0.1) is 17.2 Å². The lowest BCUT2D eigenvalue weighted by Crippen LogP contribution is -2.10. The molecule has 0 saturated carbocycles. The average molecular weight is 240 g/mol. The maximum atomic E-state index is 10.9. The van der Waals surface area contributed by atoms with E-state index < -0.39 is 4.92 Å². The number of hydrogen-bond acceptors (Lipinski definition) is 5. The van der Waals surface area contributed by atoms with E-state index in [9.17, 15) is 14.9 Å². The first kappa shape index (κ1) is 12.9. The van der Waals surface area contributed by atoms with Crippen LogP contribution in [0.1, 0.15) is 6.92 Å². The quantitative estimate of drug-likeness (QED) is 0.588. The third kappa shape index (κ3) is 3.72. The van der Waals surface area contributed by atoms with Crippen molar-refractivity contribution in [2.75, 3.05) is 18.5 Å². The fourth-order valence-electron chi connectivity index (χ4n) is 1.20. The number of nitro benzene ring substituents is 1. The second kappa shape index (κ2) is 5.80. The lowest BCUT2D eigenvalue weighted by atomic mass is 10.2. The minimum Gasteiger partial charge on any atom is -0.489 e. The van der Waals surface area contributed by atoms with Gasteiger partial charge in [-0.05, 0) is 6.07 Å². The lowest BCUT2D eigenvalue weighted by molar-refractivity contribution is -0.384. The van der Waals surface area contributed by atoms with Gasteiger partial charge >= 0.3 is 0 Å². The fourth-order valence-corrected chi connectivity index (χ4v) is 1.20. The Morgan fingerprint density at radius 3 is 2.82 bits per heavy atom. The summed E-state index contributed by atoms with van der Waals surface area (Å²) in [5.41, 5.74) is 0.0604. The van der Waals surface area contributed by atoms with Gasteiger partial charge in [-0.3, -0.25) is 14.9 Å². The van der Waals surface area contributed by atoms with Crippen molar-refractivity contribution in [2.24, 2.45) is 0 Å². The summed E-state index contributed by atoms with van der Waals surface area (Å²) in [5, 5.41) is 21.6. The van der Waals surface area contributed by atoms with Crippen LogP contribution < -0.4 is 10.1 Å². The van der Waals surface area contributed by atoms with Gasteiger partial charge in [-0.2, -0.15) is 0 Å². The molecule has 0 atom stereocenters. The van der Waals surface area contributed by atoms with E-state index >= 15 is 0 Å². The summed E-state index contributed by atoms with van der Waals surface area (Å²) in [5.74, 6) is -0.0841. The fraction of sp³-hybridized carbons (Fsp3) is 0.300. The molecule has 0 aliphatic carbocycles. The molecule has 1 aromatic carbocycles. The van der Waals surface area contributed by atoms with Crippen molar-refractivity contribution in [3.63, 3.8) is 0 Å². The van der Waals surface area contributed by atoms with Gasteiger partial charge in [0.15, 0.2) is 0 Å². The largest absolute Gasteiger partial charge is 0.489 e. The van der Waals surface area contributed by atoms with Crippen molar-refractivity contribution >= 4 is 17.3 Å². The number of ether oxygens (including phenoxy) is 1. The number of anilines is 1. The van der Waals surface area contributed by atoms with Crippen molar-refractivity contribution < 1.29 is 19.6 Å². The highest BCUT2D eigenvalue weighted by atomic mass is 16.6. The number of benzene rings is 1. The first-order valence-electron chi connectivity index (χ1n) is 4.84. The molecule has 0 bridgehead atoms. The average Bonchev–Trinajstić information content (AvgIpc) is 2.26. The molecule has 17 heavy (non-hydrogen) atoms. The molecule has 92 valence electrons. The normalized spacial score (nSPS) is 9.76. The number of carbonyl (C=O) groups excluding carboxylic acids is 1. The Balaban J connectivity index is 3.02. The highest BCUT2D eigenvalue weighted by Crippen LogP contribution is 2.29. The zero-order valence-corrected chi connectivity index (χ0v) is 9.17. The topological polar surface area (TPSA) is 102 Å². The van der Waals surface area contributed by atoms with Crippen LogP contribution >= 0.6 is 0 Å². The van der Waals surface area contributed by atoms with Gasteiger partial charge in [-0.15, -0.1) is 0 Å². The lowest BCUT2D eigenvalue weighted by Gasteiger charge is -2.10. The number of carbonyl (C=O) groups is 1. The number of aliphatic hydroxyl groups is 1. The summed E-state index contributed by atoms with van der Waals surface area (Å²) in [4.78, 5) is 20.9. The molecule has 1 rings (SSSR count). The number of nitro groups is 1. The number of rotatable bonds is 5. The molecule has 0 saturated heterocycles. The van der Waals surface area contributed by atoms with Gasteiger partial charge in [-0.1, -0.05) is 0 Å². The third-order valence-corrected chi connectivity index (χ3v) is 1.83. The number of amides is 1. The number of hydrogen-bond donors (Lipinski definition) is 2. The zero-order chi connectivity index (χ0) is 12.8. The van der Waals surface area contributed by atoms with E-state index in [-0.39, 0.29) is 36.2 Å². The first-order valence-corrected chi connectivity index (χ1v) is 4.84. The predicted molar refractivity (Wildman–Crippen MR) is 60.0 cm³/mol. The van der Waals surface area contributed by atoms with Crippen LogP contribution in [0.2, 0.25) is 0 Å². The highest BCUT2D eigenvalue weighted by Gasteiger charge is 2.12. The van der Waals surface area contributed by atoms with Crippen LogP contribution in [-0.4, -0.2) is 29.2 Å². The molecule has 7 nitrogen and oxygen atoms in total. The van der Waals surface area contributed by atoms with Gasteiger partial charge in [0.2, 0.25) is 5.91 Å². The minimum absolute atomic E-state index is 0.0460. The van der Waals surface area contributed by atoms with E-state index in [1.54, 1.807) is 0 Å². The summed E-state index contributed by atoms with van der Waals surface area (Å²) in [6.45, 7) is 1.15. The molecule has 0 fully saturated rings. The van der Waals surface area contributed by atoms with Crippen LogP contribution in [0.15, 0.2) is 18.2 Å². The van der Waals surface area contributed by atoms with Crippen molar-refractivity contribution in [2.45, 2.75) is 6.92 Å². The van der Waals surface area contributed by atoms with Crippen molar-refractivity contribution in [1.82, 2.24) is 0 Å². The second-order valence-electron chi connectivity index (χ2n) is 3.19. The molecular weight excluding hydrogens is 228 g/mol. The Morgan fingerprint density at radius 2 is 2.29 bits per heavy atom. The van der Waals surface area contributed by atoms with Crippen LogP contribution in [0.4, 0.5) is 11.4 Å². The van der Waals surface area contributed by atoms with E-state index in [1.165, 1.54) is 25.1 Å². The Kier molecular flexibility index (Phi) is 4.41. The maximum absolute atomic E-state index is 10.9. The number of nitrogens with one attached hydrogen (secondary N) is 1. The minimum atomic E-state index is -0.568. The monoisotopic (exact) mass is 240 g/mol. The Morgan fingerprint density at radius 1 is 1.59 bits per heavy atom. The van der Waals surface area contributed by atoms with Gasteiger partial charge in [0.25, 0.3) is 5.69 Å². The summed E-state index contributed by atoms with van der Waals surface area (Å²) in [6.07, 6.45) is 0. The van der Waals surface area contributed by atoms with Crippen molar-refractivity contribution in [3.05, 3.63) is 28.3 Å². The van der Waals surface area contributed by atoms with Crippen molar-refractivity contribution in [3.8, 4) is 5.75 Å². The Bertz CT molecular complexity index is 433. The molecule has 0 aliphatic heterocycles. The number of nitrogens with zero attached hydrogens (tertiary/aromatic N) is 1. The summed E-state index contributed by atoms with van der Waals surface area (Å²) >= 11 is 0. The van der Waals surface area contributed by atoms with E-state index in [2.05, 4.69) is 5.32 Å². The van der Waals surface area contributed by atoms with Crippen LogP contribution in [0, 0.1) is 10.1 Å². The molecule has 2 N–H and O–H groups in total. The van der Waals surface area contributed by atoms with Crippen molar-refractivity contribution in [1.29, 1.82) is 0 Å². The van der Waals surface area contributed by atoms with Crippen LogP contribution in [0.25, 0.3) is 0 Å². The molecular formula is C10H12N2O5. The van der Waals surface area contributed by atoms with E-state index in [0.29, 0.717) is 0 Å². The molecule has 0 heterocycles. The van der Waals surface area contributed by atoms with Gasteiger partial charge < -0.3 is 15.2 Å². The molecule has 0 spiro atoms. The number of non-ortho nitro benzene ring substituents is 1. The second-order valence-corrected chi connectivity index (χ2v) is 3.19. The molecule has 1 amide bonds. The third-order valence-electron chi connectivity index (χ3n) is 1.83. The van der Waals surface area contributed by atoms with Gasteiger partial charge in [0, 0.05) is 19.1 Å². The Hall–Kier alpha value is -2.15. The standard InChI is InChI=1S/C10H12N2O5/c1-7(14)11-9-6-8(12(15)16)2-3-10(9)17-5-4-13/h2-3,6,13H,4-5H2,1H3,(H,11,14). The molecule has 0 aliphatic rings. The summed E-state index contributed by atoms with van der Waals surface area (Å²) in [7, 11) is 0. The highest BCUT2D eigenvalue weighted by molar-refractivity contribution is 5.90. The molecule has 1 aromatic rings. The number of aliphatic hydroxyl groups excluding tert-OH is 1. The van der Waals surface area contributed by atoms with Gasteiger partial charge in [0.1, 0.15) is 12.4 Å². The molecule has 7 heteroatoms. The summed E-state index contributed by atoms with van der Waals surface area (Å²) in [6, 6.07) is 3.84. The predicted octanol–water partition coefficient (Wildman–Crippen LogP) is 0.924. The first-order chi connectivity index (χ1) is 8.04.